The highest BCUT2D eigenvalue weighted by molar-refractivity contribution is 4.93. The molecule has 0 aromatic carbocycles. The summed E-state index contributed by atoms with van der Waals surface area (Å²) in [6.07, 6.45) is 0.747. The molecule has 0 amide bonds. The summed E-state index contributed by atoms with van der Waals surface area (Å²) in [5.41, 5.74) is 10.3. The van der Waals surface area contributed by atoms with Gasteiger partial charge in [-0.3, -0.25) is 0 Å². The van der Waals surface area contributed by atoms with E-state index in [1.807, 2.05) is 13.8 Å². The highest BCUT2D eigenvalue weighted by atomic mass is 16.3. The lowest BCUT2D eigenvalue weighted by Crippen LogP contribution is -2.52. The molecule has 0 aromatic heterocycles. The molecule has 0 heterocycles. The highest BCUT2D eigenvalue weighted by Crippen LogP contribution is 2.33. The molecule has 12 heavy (non-hydrogen) atoms. The van der Waals surface area contributed by atoms with Crippen molar-refractivity contribution in [3.8, 4) is 0 Å². The SMILES string of the molecule is CC(C)(O)C(C)(C)C(N)CCN. The van der Waals surface area contributed by atoms with Crippen LogP contribution in [0, 0.1) is 5.41 Å². The fourth-order valence-corrected chi connectivity index (χ4v) is 0.994. The molecular weight excluding hydrogens is 152 g/mol. The molecule has 74 valence electrons. The van der Waals surface area contributed by atoms with E-state index in [1.54, 1.807) is 13.8 Å². The van der Waals surface area contributed by atoms with Crippen molar-refractivity contribution in [1.29, 1.82) is 0 Å². The maximum absolute atomic E-state index is 9.82. The molecule has 1 unspecified atom stereocenters. The van der Waals surface area contributed by atoms with Crippen molar-refractivity contribution in [2.45, 2.75) is 45.8 Å². The van der Waals surface area contributed by atoms with Crippen LogP contribution in [0.25, 0.3) is 0 Å². The third-order valence-corrected chi connectivity index (χ3v) is 2.98. The van der Waals surface area contributed by atoms with E-state index in [-0.39, 0.29) is 11.5 Å². The zero-order valence-corrected chi connectivity index (χ0v) is 8.59. The molecular formula is C9H22N2O. The largest absolute Gasteiger partial charge is 0.390 e. The van der Waals surface area contributed by atoms with Crippen LogP contribution in [-0.2, 0) is 0 Å². The molecule has 0 rings (SSSR count). The Balaban J connectivity index is 4.38. The second kappa shape index (κ2) is 3.73. The third kappa shape index (κ3) is 2.44. The van der Waals surface area contributed by atoms with Crippen molar-refractivity contribution in [2.75, 3.05) is 6.54 Å². The smallest absolute Gasteiger partial charge is 0.0657 e. The van der Waals surface area contributed by atoms with Crippen LogP contribution in [0.4, 0.5) is 0 Å². The second-order valence-corrected chi connectivity index (χ2v) is 4.46. The molecule has 0 bridgehead atoms. The molecule has 1 atom stereocenters. The number of rotatable bonds is 4. The summed E-state index contributed by atoms with van der Waals surface area (Å²) in [6, 6.07) is -0.0532. The molecule has 0 spiro atoms. The van der Waals surface area contributed by atoms with Gasteiger partial charge in [0.25, 0.3) is 0 Å². The zero-order chi connectivity index (χ0) is 9.99. The number of nitrogens with two attached hydrogens (primary N) is 2. The van der Waals surface area contributed by atoms with Crippen molar-refractivity contribution in [2.24, 2.45) is 16.9 Å². The number of aliphatic hydroxyl groups is 1. The van der Waals surface area contributed by atoms with Crippen molar-refractivity contribution in [1.82, 2.24) is 0 Å². The molecule has 0 aromatic rings. The Morgan fingerprint density at radius 1 is 1.25 bits per heavy atom. The van der Waals surface area contributed by atoms with Crippen LogP contribution in [0.3, 0.4) is 0 Å². The summed E-state index contributed by atoms with van der Waals surface area (Å²) in [5.74, 6) is 0. The van der Waals surface area contributed by atoms with Crippen molar-refractivity contribution < 1.29 is 5.11 Å². The summed E-state index contributed by atoms with van der Waals surface area (Å²) >= 11 is 0. The maximum atomic E-state index is 9.82. The average molecular weight is 174 g/mol. The first-order valence-electron chi connectivity index (χ1n) is 4.41. The first-order valence-corrected chi connectivity index (χ1v) is 4.41. The maximum Gasteiger partial charge on any atom is 0.0657 e. The Labute approximate surface area is 75.1 Å². The van der Waals surface area contributed by atoms with Gasteiger partial charge in [0.05, 0.1) is 5.60 Å². The van der Waals surface area contributed by atoms with Gasteiger partial charge in [0.1, 0.15) is 0 Å². The van der Waals surface area contributed by atoms with E-state index in [4.69, 9.17) is 11.5 Å². The second-order valence-electron chi connectivity index (χ2n) is 4.46. The first-order chi connectivity index (χ1) is 5.23. The quantitative estimate of drug-likeness (QED) is 0.580. The van der Waals surface area contributed by atoms with E-state index in [0.717, 1.165) is 6.42 Å². The predicted molar refractivity (Wildman–Crippen MR) is 51.7 cm³/mol. The van der Waals surface area contributed by atoms with Gasteiger partial charge >= 0.3 is 0 Å². The standard InChI is InChI=1S/C9H22N2O/c1-8(2,9(3,4)12)7(11)5-6-10/h7,12H,5-6,10-11H2,1-4H3. The summed E-state index contributed by atoms with van der Waals surface area (Å²) in [5, 5.41) is 9.82. The first kappa shape index (κ1) is 11.9. The Kier molecular flexibility index (Phi) is 3.69. The van der Waals surface area contributed by atoms with Gasteiger partial charge in [-0.15, -0.1) is 0 Å². The summed E-state index contributed by atoms with van der Waals surface area (Å²) < 4.78 is 0. The van der Waals surface area contributed by atoms with Gasteiger partial charge in [-0.1, -0.05) is 13.8 Å². The van der Waals surface area contributed by atoms with Crippen molar-refractivity contribution in [3.63, 3.8) is 0 Å². The number of hydrogen-bond donors (Lipinski definition) is 3. The monoisotopic (exact) mass is 174 g/mol. The van der Waals surface area contributed by atoms with Crippen LogP contribution in [0.5, 0.6) is 0 Å². The summed E-state index contributed by atoms with van der Waals surface area (Å²) in [7, 11) is 0. The predicted octanol–water partition coefficient (Wildman–Crippen LogP) is 0.460. The van der Waals surface area contributed by atoms with Gasteiger partial charge in [0.2, 0.25) is 0 Å². The average Bonchev–Trinajstić information content (AvgIpc) is 1.85. The van der Waals surface area contributed by atoms with E-state index in [1.165, 1.54) is 0 Å². The molecule has 0 radical (unpaired) electrons. The molecule has 5 N–H and O–H groups in total. The van der Waals surface area contributed by atoms with E-state index in [0.29, 0.717) is 6.54 Å². The molecule has 0 fully saturated rings. The lowest BCUT2D eigenvalue weighted by molar-refractivity contribution is -0.0496. The topological polar surface area (TPSA) is 72.3 Å². The fourth-order valence-electron chi connectivity index (χ4n) is 0.994. The lowest BCUT2D eigenvalue weighted by atomic mass is 9.71. The Morgan fingerprint density at radius 2 is 1.67 bits per heavy atom. The highest BCUT2D eigenvalue weighted by Gasteiger charge is 2.39. The van der Waals surface area contributed by atoms with E-state index >= 15 is 0 Å². The summed E-state index contributed by atoms with van der Waals surface area (Å²) in [6.45, 7) is 8.06. The minimum Gasteiger partial charge on any atom is -0.390 e. The van der Waals surface area contributed by atoms with Gasteiger partial charge in [0.15, 0.2) is 0 Å². The molecule has 0 aliphatic rings. The molecule has 0 saturated carbocycles. The van der Waals surface area contributed by atoms with Crippen LogP contribution in [0.2, 0.25) is 0 Å². The van der Waals surface area contributed by atoms with Crippen LogP contribution in [0.1, 0.15) is 34.1 Å². The van der Waals surface area contributed by atoms with Crippen LogP contribution >= 0.6 is 0 Å². The Hall–Kier alpha value is -0.120. The molecule has 3 nitrogen and oxygen atoms in total. The van der Waals surface area contributed by atoms with E-state index < -0.39 is 5.60 Å². The Bertz CT molecular complexity index is 138. The molecule has 0 saturated heterocycles. The lowest BCUT2D eigenvalue weighted by Gasteiger charge is -2.41. The van der Waals surface area contributed by atoms with Gasteiger partial charge in [-0.05, 0) is 26.8 Å². The molecule has 0 aliphatic carbocycles. The minimum atomic E-state index is -0.762. The van der Waals surface area contributed by atoms with E-state index in [2.05, 4.69) is 0 Å². The third-order valence-electron chi connectivity index (χ3n) is 2.98. The Morgan fingerprint density at radius 3 is 1.92 bits per heavy atom. The van der Waals surface area contributed by atoms with E-state index in [9.17, 15) is 5.11 Å². The van der Waals surface area contributed by atoms with Gasteiger partial charge in [-0.25, -0.2) is 0 Å². The molecule has 0 aliphatic heterocycles. The summed E-state index contributed by atoms with van der Waals surface area (Å²) in [4.78, 5) is 0. The van der Waals surface area contributed by atoms with Crippen LogP contribution in [0.15, 0.2) is 0 Å². The van der Waals surface area contributed by atoms with Gasteiger partial charge in [0, 0.05) is 11.5 Å². The molecule has 3 heteroatoms. The minimum absolute atomic E-state index is 0.0532. The van der Waals surface area contributed by atoms with Crippen LogP contribution < -0.4 is 11.5 Å². The number of hydrogen-bond acceptors (Lipinski definition) is 3. The zero-order valence-electron chi connectivity index (χ0n) is 8.59. The van der Waals surface area contributed by atoms with Gasteiger partial charge in [-0.2, -0.15) is 0 Å². The van der Waals surface area contributed by atoms with Crippen molar-refractivity contribution >= 4 is 0 Å². The normalized spacial score (nSPS) is 16.2. The van der Waals surface area contributed by atoms with Crippen molar-refractivity contribution in [3.05, 3.63) is 0 Å². The van der Waals surface area contributed by atoms with Crippen LogP contribution in [-0.4, -0.2) is 23.3 Å². The fraction of sp³-hybridized carbons (Fsp3) is 1.00. The van der Waals surface area contributed by atoms with Gasteiger partial charge < -0.3 is 16.6 Å².